The Morgan fingerprint density at radius 3 is 2.50 bits per heavy atom. The molecule has 0 heterocycles. The number of thioether (sulfide) groups is 1. The molecule has 0 amide bonds. The number of hydrogen-bond donors (Lipinski definition) is 1. The molecule has 0 bridgehead atoms. The average Bonchev–Trinajstić information content (AvgIpc) is 2.40. The third kappa shape index (κ3) is 4.30. The van der Waals surface area contributed by atoms with Crippen molar-refractivity contribution in [3.63, 3.8) is 0 Å². The summed E-state index contributed by atoms with van der Waals surface area (Å²) in [6.45, 7) is 1.17. The maximum Gasteiger partial charge on any atom is 0.0108 e. The molecule has 2 rings (SSSR count). The first kappa shape index (κ1) is 13.9. The van der Waals surface area contributed by atoms with Crippen molar-refractivity contribution < 1.29 is 0 Å². The highest BCUT2D eigenvalue weighted by molar-refractivity contribution is 7.99. The standard InChI is InChI=1S/C15H24N2S/c1-17(14-9-7-13(16)8-10-14)11-12-18-15-5-3-2-4-6-15/h2-6,13-14H,7-12,16H2,1H3. The van der Waals surface area contributed by atoms with E-state index in [1.54, 1.807) is 0 Å². The molecule has 1 aliphatic rings. The Bertz CT molecular complexity index is 334. The Labute approximate surface area is 115 Å². The van der Waals surface area contributed by atoms with Crippen LogP contribution in [0.5, 0.6) is 0 Å². The van der Waals surface area contributed by atoms with Crippen molar-refractivity contribution in [1.82, 2.24) is 4.90 Å². The van der Waals surface area contributed by atoms with Gasteiger partial charge in [0.05, 0.1) is 0 Å². The van der Waals surface area contributed by atoms with E-state index in [4.69, 9.17) is 5.73 Å². The minimum atomic E-state index is 0.452. The molecule has 0 atom stereocenters. The fourth-order valence-corrected chi connectivity index (χ4v) is 3.51. The summed E-state index contributed by atoms with van der Waals surface area (Å²) < 4.78 is 0. The number of nitrogens with zero attached hydrogens (tertiary/aromatic N) is 1. The molecule has 2 N–H and O–H groups in total. The summed E-state index contributed by atoms with van der Waals surface area (Å²) in [4.78, 5) is 3.89. The van der Waals surface area contributed by atoms with Crippen LogP contribution in [0.3, 0.4) is 0 Å². The first-order valence-electron chi connectivity index (χ1n) is 6.89. The number of benzene rings is 1. The number of nitrogens with two attached hydrogens (primary N) is 1. The van der Waals surface area contributed by atoms with Crippen molar-refractivity contribution in [2.45, 2.75) is 42.7 Å². The van der Waals surface area contributed by atoms with Crippen LogP contribution in [0.15, 0.2) is 35.2 Å². The van der Waals surface area contributed by atoms with Crippen molar-refractivity contribution in [3.8, 4) is 0 Å². The highest BCUT2D eigenvalue weighted by Crippen LogP contribution is 2.22. The van der Waals surface area contributed by atoms with Crippen LogP contribution in [0.4, 0.5) is 0 Å². The summed E-state index contributed by atoms with van der Waals surface area (Å²) >= 11 is 1.95. The predicted octanol–water partition coefficient (Wildman–Crippen LogP) is 2.98. The normalized spacial score (nSPS) is 24.4. The molecule has 0 radical (unpaired) electrons. The van der Waals surface area contributed by atoms with Crippen LogP contribution >= 0.6 is 11.8 Å². The molecule has 100 valence electrons. The van der Waals surface area contributed by atoms with E-state index < -0.39 is 0 Å². The molecule has 1 aromatic carbocycles. The zero-order valence-corrected chi connectivity index (χ0v) is 12.0. The van der Waals surface area contributed by atoms with E-state index in [2.05, 4.69) is 42.3 Å². The van der Waals surface area contributed by atoms with Crippen LogP contribution in [0.1, 0.15) is 25.7 Å². The van der Waals surface area contributed by atoms with Crippen molar-refractivity contribution in [3.05, 3.63) is 30.3 Å². The quantitative estimate of drug-likeness (QED) is 0.829. The SMILES string of the molecule is CN(CCSc1ccccc1)C1CCC(N)CC1. The Balaban J connectivity index is 1.67. The highest BCUT2D eigenvalue weighted by Gasteiger charge is 2.21. The summed E-state index contributed by atoms with van der Waals surface area (Å²) in [6.07, 6.45) is 4.93. The number of rotatable bonds is 5. The molecule has 0 unspecified atom stereocenters. The van der Waals surface area contributed by atoms with Gasteiger partial charge in [-0.15, -0.1) is 11.8 Å². The van der Waals surface area contributed by atoms with Crippen molar-refractivity contribution in [2.75, 3.05) is 19.3 Å². The van der Waals surface area contributed by atoms with Gasteiger partial charge in [0.15, 0.2) is 0 Å². The lowest BCUT2D eigenvalue weighted by atomic mass is 9.91. The second kappa shape index (κ2) is 7.17. The van der Waals surface area contributed by atoms with E-state index in [1.807, 2.05) is 11.8 Å². The zero-order chi connectivity index (χ0) is 12.8. The summed E-state index contributed by atoms with van der Waals surface area (Å²) in [6, 6.07) is 11.9. The molecule has 1 aromatic rings. The maximum atomic E-state index is 5.95. The molecule has 2 nitrogen and oxygen atoms in total. The summed E-state index contributed by atoms with van der Waals surface area (Å²) in [5.74, 6) is 1.17. The molecule has 1 saturated carbocycles. The molecule has 1 aliphatic carbocycles. The minimum Gasteiger partial charge on any atom is -0.328 e. The van der Waals surface area contributed by atoms with E-state index >= 15 is 0 Å². The van der Waals surface area contributed by atoms with Gasteiger partial charge in [0.2, 0.25) is 0 Å². The van der Waals surface area contributed by atoms with Crippen molar-refractivity contribution in [2.24, 2.45) is 5.73 Å². The molecular formula is C15H24N2S. The van der Waals surface area contributed by atoms with Crippen LogP contribution < -0.4 is 5.73 Å². The lowest BCUT2D eigenvalue weighted by Crippen LogP contribution is -2.39. The third-order valence-electron chi connectivity index (χ3n) is 3.82. The van der Waals surface area contributed by atoms with E-state index in [9.17, 15) is 0 Å². The van der Waals surface area contributed by atoms with Crippen LogP contribution in [-0.2, 0) is 0 Å². The lowest BCUT2D eigenvalue weighted by Gasteiger charge is -2.33. The Hall–Kier alpha value is -0.510. The third-order valence-corrected chi connectivity index (χ3v) is 4.81. The molecule has 0 spiro atoms. The predicted molar refractivity (Wildman–Crippen MR) is 80.0 cm³/mol. The van der Waals surface area contributed by atoms with Gasteiger partial charge in [0.25, 0.3) is 0 Å². The lowest BCUT2D eigenvalue weighted by molar-refractivity contribution is 0.192. The summed E-state index contributed by atoms with van der Waals surface area (Å²) in [5, 5.41) is 0. The molecule has 0 aromatic heterocycles. The van der Waals surface area contributed by atoms with E-state index in [0.29, 0.717) is 6.04 Å². The fraction of sp³-hybridized carbons (Fsp3) is 0.600. The molecule has 1 fully saturated rings. The fourth-order valence-electron chi connectivity index (χ4n) is 2.55. The van der Waals surface area contributed by atoms with Gasteiger partial charge in [0.1, 0.15) is 0 Å². The van der Waals surface area contributed by atoms with Gasteiger partial charge < -0.3 is 10.6 Å². The second-order valence-electron chi connectivity index (χ2n) is 5.21. The monoisotopic (exact) mass is 264 g/mol. The van der Waals surface area contributed by atoms with Crippen LogP contribution in [0.2, 0.25) is 0 Å². The molecule has 0 aliphatic heterocycles. The van der Waals surface area contributed by atoms with Gasteiger partial charge in [-0.3, -0.25) is 0 Å². The summed E-state index contributed by atoms with van der Waals surface area (Å²) in [5.41, 5.74) is 5.95. The topological polar surface area (TPSA) is 29.3 Å². The average molecular weight is 264 g/mol. The van der Waals surface area contributed by atoms with E-state index in [-0.39, 0.29) is 0 Å². The van der Waals surface area contributed by atoms with Crippen molar-refractivity contribution in [1.29, 1.82) is 0 Å². The van der Waals surface area contributed by atoms with Gasteiger partial charge in [-0.2, -0.15) is 0 Å². The molecule has 18 heavy (non-hydrogen) atoms. The first-order chi connectivity index (χ1) is 8.75. The van der Waals surface area contributed by atoms with Gasteiger partial charge in [-0.05, 0) is 44.9 Å². The summed E-state index contributed by atoms with van der Waals surface area (Å²) in [7, 11) is 2.26. The highest BCUT2D eigenvalue weighted by atomic mass is 32.2. The minimum absolute atomic E-state index is 0.452. The van der Waals surface area contributed by atoms with Crippen molar-refractivity contribution >= 4 is 11.8 Å². The zero-order valence-electron chi connectivity index (χ0n) is 11.2. The van der Waals surface area contributed by atoms with E-state index in [1.165, 1.54) is 42.9 Å². The van der Waals surface area contributed by atoms with Crippen LogP contribution in [0.25, 0.3) is 0 Å². The Kier molecular flexibility index (Phi) is 5.54. The van der Waals surface area contributed by atoms with Gasteiger partial charge in [-0.25, -0.2) is 0 Å². The Morgan fingerprint density at radius 1 is 1.17 bits per heavy atom. The van der Waals surface area contributed by atoms with Gasteiger partial charge in [-0.1, -0.05) is 18.2 Å². The number of hydrogen-bond acceptors (Lipinski definition) is 3. The molecular weight excluding hydrogens is 240 g/mol. The first-order valence-corrected chi connectivity index (χ1v) is 7.88. The smallest absolute Gasteiger partial charge is 0.0108 e. The second-order valence-corrected chi connectivity index (χ2v) is 6.38. The molecule has 0 saturated heterocycles. The van der Waals surface area contributed by atoms with Crippen LogP contribution in [-0.4, -0.2) is 36.3 Å². The Morgan fingerprint density at radius 2 is 1.83 bits per heavy atom. The van der Waals surface area contributed by atoms with E-state index in [0.717, 1.165) is 6.04 Å². The van der Waals surface area contributed by atoms with Gasteiger partial charge >= 0.3 is 0 Å². The largest absolute Gasteiger partial charge is 0.328 e. The van der Waals surface area contributed by atoms with Crippen LogP contribution in [0, 0.1) is 0 Å². The maximum absolute atomic E-state index is 5.95. The van der Waals surface area contributed by atoms with Gasteiger partial charge in [0, 0.05) is 29.3 Å². The molecule has 3 heteroatoms.